The molecule has 2 heterocycles. The van der Waals surface area contributed by atoms with Gasteiger partial charge in [-0.25, -0.2) is 4.98 Å². The third-order valence-corrected chi connectivity index (χ3v) is 5.29. The van der Waals surface area contributed by atoms with E-state index in [4.69, 9.17) is 14.7 Å². The molecule has 0 radical (unpaired) electrons. The Kier molecular flexibility index (Phi) is 6.25. The maximum Gasteiger partial charge on any atom is 0.225 e. The predicted molar refractivity (Wildman–Crippen MR) is 119 cm³/mol. The van der Waals surface area contributed by atoms with Gasteiger partial charge in [0.2, 0.25) is 5.95 Å². The predicted octanol–water partition coefficient (Wildman–Crippen LogP) is 4.80. The largest absolute Gasteiger partial charge is 0.497 e. The molecule has 1 N–H and O–H groups in total. The summed E-state index contributed by atoms with van der Waals surface area (Å²) in [5, 5.41) is 3.43. The Morgan fingerprint density at radius 2 is 1.76 bits per heavy atom. The van der Waals surface area contributed by atoms with Gasteiger partial charge in [0.05, 0.1) is 12.8 Å². The molecule has 150 valence electrons. The molecule has 0 bridgehead atoms. The Hall–Kier alpha value is -3.08. The fourth-order valence-electron chi connectivity index (χ4n) is 3.70. The minimum Gasteiger partial charge on any atom is -0.497 e. The van der Waals surface area contributed by atoms with Crippen molar-refractivity contribution >= 4 is 11.8 Å². The third kappa shape index (κ3) is 5.05. The normalized spacial score (nSPS) is 13.9. The van der Waals surface area contributed by atoms with Gasteiger partial charge in [-0.2, -0.15) is 4.98 Å². The summed E-state index contributed by atoms with van der Waals surface area (Å²) in [6.07, 6.45) is 4.64. The van der Waals surface area contributed by atoms with Crippen LogP contribution in [0.2, 0.25) is 0 Å². The van der Waals surface area contributed by atoms with Crippen LogP contribution in [0, 0.1) is 0 Å². The van der Waals surface area contributed by atoms with Crippen molar-refractivity contribution in [2.75, 3.05) is 37.0 Å². The minimum absolute atomic E-state index is 0.690. The van der Waals surface area contributed by atoms with Crippen LogP contribution in [0.5, 0.6) is 5.75 Å². The van der Waals surface area contributed by atoms with Crippen LogP contribution in [0.4, 0.5) is 11.8 Å². The minimum atomic E-state index is 0.690. The van der Waals surface area contributed by atoms with E-state index in [1.807, 2.05) is 30.3 Å². The van der Waals surface area contributed by atoms with Gasteiger partial charge < -0.3 is 15.0 Å². The van der Waals surface area contributed by atoms with E-state index in [2.05, 4.69) is 40.5 Å². The maximum atomic E-state index is 5.32. The van der Waals surface area contributed by atoms with Crippen LogP contribution in [0.25, 0.3) is 11.3 Å². The first-order valence-electron chi connectivity index (χ1n) is 10.4. The highest BCUT2D eigenvalue weighted by atomic mass is 16.5. The fourth-order valence-corrected chi connectivity index (χ4v) is 3.70. The molecular weight excluding hydrogens is 360 g/mol. The number of nitrogens with one attached hydrogen (secondary N) is 1. The van der Waals surface area contributed by atoms with Crippen molar-refractivity contribution < 1.29 is 4.74 Å². The molecule has 29 heavy (non-hydrogen) atoms. The summed E-state index contributed by atoms with van der Waals surface area (Å²) in [4.78, 5) is 12.0. The zero-order chi connectivity index (χ0) is 19.9. The number of rotatable bonds is 7. The number of benzene rings is 2. The molecule has 1 aromatic heterocycles. The summed E-state index contributed by atoms with van der Waals surface area (Å²) >= 11 is 0. The number of hydrogen-bond donors (Lipinski definition) is 1. The third-order valence-electron chi connectivity index (χ3n) is 5.29. The topological polar surface area (TPSA) is 50.3 Å². The molecule has 3 aromatic rings. The smallest absolute Gasteiger partial charge is 0.225 e. The van der Waals surface area contributed by atoms with E-state index in [1.54, 1.807) is 7.11 Å². The maximum absolute atomic E-state index is 5.32. The summed E-state index contributed by atoms with van der Waals surface area (Å²) in [7, 11) is 1.70. The molecule has 0 amide bonds. The standard InChI is InChI=1S/C24H28N4O/c1-29-21-12-8-9-19(17-21)13-14-25-24-26-22(20-10-4-2-5-11-20)18-23(27-24)28-15-6-3-7-16-28/h2,4-5,8-12,17-18H,3,6-7,13-16H2,1H3,(H,25,26,27). The van der Waals surface area contributed by atoms with Gasteiger partial charge in [-0.3, -0.25) is 0 Å². The van der Waals surface area contributed by atoms with E-state index in [0.29, 0.717) is 5.95 Å². The Morgan fingerprint density at radius 3 is 2.55 bits per heavy atom. The van der Waals surface area contributed by atoms with Crippen LogP contribution < -0.4 is 15.0 Å². The SMILES string of the molecule is COc1cccc(CCNc2nc(-c3ccccc3)cc(N3CCCCC3)n2)c1. The van der Waals surface area contributed by atoms with Crippen molar-refractivity contribution in [3.63, 3.8) is 0 Å². The van der Waals surface area contributed by atoms with Gasteiger partial charge in [0.15, 0.2) is 0 Å². The molecule has 0 spiro atoms. The summed E-state index contributed by atoms with van der Waals surface area (Å²) in [5.74, 6) is 2.59. The van der Waals surface area contributed by atoms with E-state index in [1.165, 1.54) is 24.8 Å². The Morgan fingerprint density at radius 1 is 0.931 bits per heavy atom. The highest BCUT2D eigenvalue weighted by Gasteiger charge is 2.15. The Labute approximate surface area is 172 Å². The molecule has 1 aliphatic heterocycles. The van der Waals surface area contributed by atoms with E-state index >= 15 is 0 Å². The first kappa shape index (κ1) is 19.2. The summed E-state index contributed by atoms with van der Waals surface area (Å²) in [5.41, 5.74) is 3.31. The first-order valence-corrected chi connectivity index (χ1v) is 10.4. The molecule has 0 aliphatic carbocycles. The van der Waals surface area contributed by atoms with Crippen molar-refractivity contribution in [1.29, 1.82) is 0 Å². The van der Waals surface area contributed by atoms with E-state index in [0.717, 1.165) is 48.9 Å². The second kappa shape index (κ2) is 9.41. The molecule has 4 rings (SSSR count). The summed E-state index contributed by atoms with van der Waals surface area (Å²) in [6.45, 7) is 2.90. The van der Waals surface area contributed by atoms with Gasteiger partial charge in [-0.1, -0.05) is 42.5 Å². The van der Waals surface area contributed by atoms with E-state index in [-0.39, 0.29) is 0 Å². The van der Waals surface area contributed by atoms with Crippen molar-refractivity contribution in [2.45, 2.75) is 25.7 Å². The summed E-state index contributed by atoms with van der Waals surface area (Å²) in [6, 6.07) is 20.6. The quantitative estimate of drug-likeness (QED) is 0.630. The number of nitrogens with zero attached hydrogens (tertiary/aromatic N) is 3. The van der Waals surface area contributed by atoms with Crippen LogP contribution in [-0.2, 0) is 6.42 Å². The van der Waals surface area contributed by atoms with Crippen LogP contribution in [0.15, 0.2) is 60.7 Å². The molecule has 0 unspecified atom stereocenters. The fraction of sp³-hybridized carbons (Fsp3) is 0.333. The van der Waals surface area contributed by atoms with Crippen LogP contribution in [0.1, 0.15) is 24.8 Å². The molecule has 1 aliphatic rings. The Bertz CT molecular complexity index is 923. The van der Waals surface area contributed by atoms with Crippen LogP contribution >= 0.6 is 0 Å². The van der Waals surface area contributed by atoms with Crippen LogP contribution in [-0.4, -0.2) is 36.7 Å². The molecule has 1 fully saturated rings. The second-order valence-electron chi connectivity index (χ2n) is 7.38. The Balaban J connectivity index is 1.53. The van der Waals surface area contributed by atoms with Crippen molar-refractivity contribution in [1.82, 2.24) is 9.97 Å². The van der Waals surface area contributed by atoms with Gasteiger partial charge in [-0.15, -0.1) is 0 Å². The first-order chi connectivity index (χ1) is 14.3. The lowest BCUT2D eigenvalue weighted by Gasteiger charge is -2.28. The highest BCUT2D eigenvalue weighted by Crippen LogP contribution is 2.25. The van der Waals surface area contributed by atoms with Crippen molar-refractivity contribution in [3.8, 4) is 17.0 Å². The zero-order valence-corrected chi connectivity index (χ0v) is 17.0. The average Bonchev–Trinajstić information content (AvgIpc) is 2.80. The number of hydrogen-bond acceptors (Lipinski definition) is 5. The molecule has 5 nitrogen and oxygen atoms in total. The van der Waals surface area contributed by atoms with Crippen LogP contribution in [0.3, 0.4) is 0 Å². The van der Waals surface area contributed by atoms with Gasteiger partial charge in [0, 0.05) is 31.3 Å². The summed E-state index contributed by atoms with van der Waals surface area (Å²) < 4.78 is 5.32. The number of methoxy groups -OCH3 is 1. The molecule has 0 atom stereocenters. The molecule has 2 aromatic carbocycles. The van der Waals surface area contributed by atoms with E-state index < -0.39 is 0 Å². The molecule has 5 heteroatoms. The van der Waals surface area contributed by atoms with E-state index in [9.17, 15) is 0 Å². The van der Waals surface area contributed by atoms with Gasteiger partial charge in [0.25, 0.3) is 0 Å². The van der Waals surface area contributed by atoms with Gasteiger partial charge in [0.1, 0.15) is 11.6 Å². The van der Waals surface area contributed by atoms with Crippen molar-refractivity contribution in [3.05, 3.63) is 66.2 Å². The molecule has 0 saturated carbocycles. The molecule has 1 saturated heterocycles. The number of ether oxygens (including phenoxy) is 1. The van der Waals surface area contributed by atoms with Crippen molar-refractivity contribution in [2.24, 2.45) is 0 Å². The van der Waals surface area contributed by atoms with Gasteiger partial charge >= 0.3 is 0 Å². The lowest BCUT2D eigenvalue weighted by molar-refractivity contribution is 0.414. The lowest BCUT2D eigenvalue weighted by Crippen LogP contribution is -2.30. The number of piperidine rings is 1. The lowest BCUT2D eigenvalue weighted by atomic mass is 10.1. The highest BCUT2D eigenvalue weighted by molar-refractivity contribution is 5.64. The van der Waals surface area contributed by atoms with Gasteiger partial charge in [-0.05, 0) is 43.4 Å². The zero-order valence-electron chi connectivity index (χ0n) is 17.0. The monoisotopic (exact) mass is 388 g/mol. The average molecular weight is 389 g/mol. The molecular formula is C24H28N4O. The second-order valence-corrected chi connectivity index (χ2v) is 7.38. The number of aromatic nitrogens is 2. The number of anilines is 2.